The Hall–Kier alpha value is -1.91. The maximum Gasteiger partial charge on any atom is 0.310 e. The lowest BCUT2D eigenvalue weighted by molar-refractivity contribution is -0.145. The number of carbonyl (C=O) groups excluding carboxylic acids is 2. The van der Waals surface area contributed by atoms with Crippen molar-refractivity contribution in [1.82, 2.24) is 9.88 Å². The average Bonchev–Trinajstić information content (AvgIpc) is 2.43. The monoisotopic (exact) mass is 264 g/mol. The Morgan fingerprint density at radius 1 is 1.37 bits per heavy atom. The summed E-state index contributed by atoms with van der Waals surface area (Å²) < 4.78 is 4.69. The summed E-state index contributed by atoms with van der Waals surface area (Å²) in [5.74, 6) is -0.795. The highest BCUT2D eigenvalue weighted by Crippen LogP contribution is 2.11. The van der Waals surface area contributed by atoms with Gasteiger partial charge in [-0.05, 0) is 26.0 Å². The highest BCUT2D eigenvalue weighted by molar-refractivity contribution is 5.94. The number of aromatic nitrogens is 1. The van der Waals surface area contributed by atoms with Crippen LogP contribution >= 0.6 is 0 Å². The maximum atomic E-state index is 12.4. The summed E-state index contributed by atoms with van der Waals surface area (Å²) in [7, 11) is 1.35. The molecule has 0 aliphatic rings. The van der Waals surface area contributed by atoms with Crippen molar-refractivity contribution in [1.29, 1.82) is 0 Å². The van der Waals surface area contributed by atoms with Crippen molar-refractivity contribution in [3.8, 4) is 0 Å². The number of esters is 1. The smallest absolute Gasteiger partial charge is 0.310 e. The first-order chi connectivity index (χ1) is 8.97. The molecule has 1 rings (SSSR count). The first kappa shape index (κ1) is 15.1. The summed E-state index contributed by atoms with van der Waals surface area (Å²) in [5.41, 5.74) is 0.522. The molecule has 1 amide bonds. The molecule has 1 aromatic rings. The second-order valence-electron chi connectivity index (χ2n) is 4.72. The van der Waals surface area contributed by atoms with Gasteiger partial charge in [0.15, 0.2) is 0 Å². The molecule has 1 atom stereocenters. The fraction of sp³-hybridized carbons (Fsp3) is 0.500. The standard InChI is InChI=1S/C14H20N2O3/c1-10(2)16(9-11(3)14(18)19-4)13(17)12-6-5-7-15-8-12/h5-8,10-11H,9H2,1-4H3. The number of ether oxygens (including phenoxy) is 1. The minimum atomic E-state index is -0.354. The van der Waals surface area contributed by atoms with Gasteiger partial charge in [0.25, 0.3) is 5.91 Å². The van der Waals surface area contributed by atoms with Gasteiger partial charge < -0.3 is 9.64 Å². The van der Waals surface area contributed by atoms with E-state index in [1.165, 1.54) is 13.3 Å². The van der Waals surface area contributed by atoms with Crippen molar-refractivity contribution in [2.75, 3.05) is 13.7 Å². The van der Waals surface area contributed by atoms with Crippen molar-refractivity contribution in [3.05, 3.63) is 30.1 Å². The van der Waals surface area contributed by atoms with Crippen molar-refractivity contribution in [3.63, 3.8) is 0 Å². The van der Waals surface area contributed by atoms with Gasteiger partial charge in [0.05, 0.1) is 18.6 Å². The zero-order valence-corrected chi connectivity index (χ0v) is 11.8. The van der Waals surface area contributed by atoms with Gasteiger partial charge in [-0.15, -0.1) is 0 Å². The summed E-state index contributed by atoms with van der Waals surface area (Å²) in [5, 5.41) is 0. The van der Waals surface area contributed by atoms with Gasteiger partial charge in [-0.1, -0.05) is 6.92 Å². The van der Waals surface area contributed by atoms with Crippen LogP contribution in [0, 0.1) is 5.92 Å². The van der Waals surface area contributed by atoms with E-state index in [1.54, 1.807) is 30.2 Å². The average molecular weight is 264 g/mol. The molecule has 1 aromatic heterocycles. The Kier molecular flexibility index (Phi) is 5.48. The van der Waals surface area contributed by atoms with Crippen LogP contribution in [-0.2, 0) is 9.53 Å². The van der Waals surface area contributed by atoms with Crippen molar-refractivity contribution < 1.29 is 14.3 Å². The molecule has 0 aromatic carbocycles. The van der Waals surface area contributed by atoms with Crippen LogP contribution in [0.5, 0.6) is 0 Å². The molecule has 0 saturated carbocycles. The zero-order valence-electron chi connectivity index (χ0n) is 11.8. The van der Waals surface area contributed by atoms with Crippen LogP contribution in [0.1, 0.15) is 31.1 Å². The molecule has 0 spiro atoms. The van der Waals surface area contributed by atoms with Gasteiger partial charge in [-0.2, -0.15) is 0 Å². The number of methoxy groups -OCH3 is 1. The van der Waals surface area contributed by atoms with E-state index >= 15 is 0 Å². The molecule has 0 saturated heterocycles. The van der Waals surface area contributed by atoms with Crippen molar-refractivity contribution in [2.24, 2.45) is 5.92 Å². The minimum absolute atomic E-state index is 0.000174. The zero-order chi connectivity index (χ0) is 14.4. The highest BCUT2D eigenvalue weighted by Gasteiger charge is 2.24. The Morgan fingerprint density at radius 2 is 2.05 bits per heavy atom. The van der Waals surface area contributed by atoms with Crippen LogP contribution in [0.4, 0.5) is 0 Å². The van der Waals surface area contributed by atoms with Crippen LogP contribution in [0.3, 0.4) is 0 Å². The largest absolute Gasteiger partial charge is 0.469 e. The topological polar surface area (TPSA) is 59.5 Å². The van der Waals surface area contributed by atoms with Gasteiger partial charge >= 0.3 is 5.97 Å². The summed E-state index contributed by atoms with van der Waals surface area (Å²) >= 11 is 0. The number of carbonyl (C=O) groups is 2. The van der Waals surface area contributed by atoms with E-state index in [0.29, 0.717) is 12.1 Å². The molecule has 0 aliphatic carbocycles. The van der Waals surface area contributed by atoms with Gasteiger partial charge in [0.2, 0.25) is 0 Å². The molecule has 5 heteroatoms. The lowest BCUT2D eigenvalue weighted by atomic mass is 10.1. The normalized spacial score (nSPS) is 12.1. The fourth-order valence-electron chi connectivity index (χ4n) is 1.75. The molecule has 104 valence electrons. The lowest BCUT2D eigenvalue weighted by Crippen LogP contribution is -2.41. The van der Waals surface area contributed by atoms with Gasteiger partial charge in [0, 0.05) is 25.0 Å². The van der Waals surface area contributed by atoms with Crippen molar-refractivity contribution in [2.45, 2.75) is 26.8 Å². The third-order valence-corrected chi connectivity index (χ3v) is 2.87. The van der Waals surface area contributed by atoms with Gasteiger partial charge in [-0.25, -0.2) is 0 Å². The van der Waals surface area contributed by atoms with E-state index in [-0.39, 0.29) is 23.8 Å². The molecule has 0 radical (unpaired) electrons. The van der Waals surface area contributed by atoms with Gasteiger partial charge in [-0.3, -0.25) is 14.6 Å². The molecule has 0 bridgehead atoms. The number of hydrogen-bond acceptors (Lipinski definition) is 4. The van der Waals surface area contributed by atoms with Crippen LogP contribution in [0.25, 0.3) is 0 Å². The Balaban J connectivity index is 2.84. The predicted molar refractivity (Wildman–Crippen MR) is 71.6 cm³/mol. The van der Waals surface area contributed by atoms with E-state index < -0.39 is 0 Å². The SMILES string of the molecule is COC(=O)C(C)CN(C(=O)c1cccnc1)C(C)C. The maximum absolute atomic E-state index is 12.4. The van der Waals surface area contributed by atoms with E-state index in [1.807, 2.05) is 13.8 Å². The number of rotatable bonds is 5. The second kappa shape index (κ2) is 6.87. The quantitative estimate of drug-likeness (QED) is 0.760. The summed E-state index contributed by atoms with van der Waals surface area (Å²) in [6, 6.07) is 3.43. The molecule has 1 unspecified atom stereocenters. The highest BCUT2D eigenvalue weighted by atomic mass is 16.5. The summed E-state index contributed by atoms with van der Waals surface area (Å²) in [6.07, 6.45) is 3.15. The number of amides is 1. The predicted octanol–water partition coefficient (Wildman–Crippen LogP) is 1.74. The third-order valence-electron chi connectivity index (χ3n) is 2.87. The van der Waals surface area contributed by atoms with E-state index in [0.717, 1.165) is 0 Å². The Morgan fingerprint density at radius 3 is 2.53 bits per heavy atom. The number of pyridine rings is 1. The Bertz CT molecular complexity index is 432. The molecule has 1 heterocycles. The van der Waals surface area contributed by atoms with Gasteiger partial charge in [0.1, 0.15) is 0 Å². The molecular formula is C14H20N2O3. The first-order valence-corrected chi connectivity index (χ1v) is 6.26. The Labute approximate surface area is 113 Å². The summed E-state index contributed by atoms with van der Waals surface area (Å²) in [6.45, 7) is 5.91. The van der Waals surface area contributed by atoms with Crippen LogP contribution < -0.4 is 0 Å². The lowest BCUT2D eigenvalue weighted by Gasteiger charge is -2.28. The molecule has 5 nitrogen and oxygen atoms in total. The fourth-order valence-corrected chi connectivity index (χ4v) is 1.75. The molecule has 0 N–H and O–H groups in total. The summed E-state index contributed by atoms with van der Waals surface area (Å²) in [4.78, 5) is 29.4. The molecule has 0 aliphatic heterocycles. The van der Waals surface area contributed by atoms with Crippen LogP contribution in [0.2, 0.25) is 0 Å². The van der Waals surface area contributed by atoms with Crippen LogP contribution in [0.15, 0.2) is 24.5 Å². The first-order valence-electron chi connectivity index (χ1n) is 6.26. The second-order valence-corrected chi connectivity index (χ2v) is 4.72. The van der Waals surface area contributed by atoms with Crippen molar-refractivity contribution >= 4 is 11.9 Å². The van der Waals surface area contributed by atoms with Crippen LogP contribution in [-0.4, -0.2) is 41.5 Å². The van der Waals surface area contributed by atoms with E-state index in [9.17, 15) is 9.59 Å². The van der Waals surface area contributed by atoms with E-state index in [4.69, 9.17) is 0 Å². The molecule has 0 fully saturated rings. The van der Waals surface area contributed by atoms with E-state index in [2.05, 4.69) is 9.72 Å². The minimum Gasteiger partial charge on any atom is -0.469 e. The number of nitrogens with zero attached hydrogens (tertiary/aromatic N) is 2. The molecule has 19 heavy (non-hydrogen) atoms. The third kappa shape index (κ3) is 4.05. The number of hydrogen-bond donors (Lipinski definition) is 0. The molecular weight excluding hydrogens is 244 g/mol.